The van der Waals surface area contributed by atoms with Crippen molar-refractivity contribution in [2.45, 2.75) is 70.6 Å². The number of carbonyl (C=O) groups is 1. The van der Waals surface area contributed by atoms with Crippen molar-refractivity contribution in [3.05, 3.63) is 12.2 Å². The monoisotopic (exact) mass is 238 g/mol. The van der Waals surface area contributed by atoms with Gasteiger partial charge >= 0.3 is 5.97 Å². The van der Waals surface area contributed by atoms with Gasteiger partial charge in [0.2, 0.25) is 0 Å². The Morgan fingerprint density at radius 2 is 1.18 bits per heavy atom. The zero-order chi connectivity index (χ0) is 12.5. The average molecular weight is 238 g/mol. The first-order chi connectivity index (χ1) is 8.22. The fourth-order valence-corrected chi connectivity index (χ4v) is 2.69. The topological polar surface area (TPSA) is 37.3 Å². The molecule has 0 radical (unpaired) electrons. The number of aliphatic carboxylic acids is 1. The van der Waals surface area contributed by atoms with Gasteiger partial charge in [-0.3, -0.25) is 0 Å². The van der Waals surface area contributed by atoms with E-state index < -0.39 is 5.97 Å². The lowest BCUT2D eigenvalue weighted by Gasteiger charge is -2.17. The molecule has 0 aromatic carbocycles. The third kappa shape index (κ3) is 5.90. The van der Waals surface area contributed by atoms with Gasteiger partial charge in [0, 0.05) is 5.57 Å². The molecule has 0 amide bonds. The van der Waals surface area contributed by atoms with Crippen LogP contribution in [0.3, 0.4) is 0 Å². The molecule has 17 heavy (non-hydrogen) atoms. The van der Waals surface area contributed by atoms with Crippen LogP contribution in [0.5, 0.6) is 0 Å². The van der Waals surface area contributed by atoms with E-state index >= 15 is 0 Å². The molecule has 0 aromatic rings. The lowest BCUT2D eigenvalue weighted by Crippen LogP contribution is -2.12. The van der Waals surface area contributed by atoms with Crippen molar-refractivity contribution in [3.63, 3.8) is 0 Å². The van der Waals surface area contributed by atoms with Crippen molar-refractivity contribution in [3.8, 4) is 0 Å². The molecule has 0 bridgehead atoms. The van der Waals surface area contributed by atoms with Crippen LogP contribution in [0, 0.1) is 5.92 Å². The molecule has 1 aliphatic rings. The zero-order valence-electron chi connectivity index (χ0n) is 10.9. The van der Waals surface area contributed by atoms with Gasteiger partial charge in [0.15, 0.2) is 0 Å². The van der Waals surface area contributed by atoms with Gasteiger partial charge in [0.1, 0.15) is 0 Å². The molecule has 0 atom stereocenters. The van der Waals surface area contributed by atoms with Crippen LogP contribution in [0.2, 0.25) is 0 Å². The van der Waals surface area contributed by atoms with Crippen LogP contribution in [0.15, 0.2) is 12.2 Å². The highest BCUT2D eigenvalue weighted by Gasteiger charge is 2.17. The quantitative estimate of drug-likeness (QED) is 0.717. The van der Waals surface area contributed by atoms with Crippen LogP contribution in [-0.4, -0.2) is 11.1 Å². The summed E-state index contributed by atoms with van der Waals surface area (Å²) in [5.41, 5.74) is 0.432. The van der Waals surface area contributed by atoms with Crippen molar-refractivity contribution < 1.29 is 9.90 Å². The standard InChI is InChI=1S/C15H26O2/c1-13(15(16)17)14-11-9-7-5-3-2-4-6-8-10-12-14/h14H,1-12H2,(H,16,17). The van der Waals surface area contributed by atoms with E-state index in [1.54, 1.807) is 0 Å². The van der Waals surface area contributed by atoms with Crippen LogP contribution in [0.25, 0.3) is 0 Å². The summed E-state index contributed by atoms with van der Waals surface area (Å²) >= 11 is 0. The minimum absolute atomic E-state index is 0.215. The maximum absolute atomic E-state index is 11.0. The Kier molecular flexibility index (Phi) is 6.99. The Balaban J connectivity index is 2.42. The predicted octanol–water partition coefficient (Wildman–Crippen LogP) is 4.55. The molecule has 0 spiro atoms. The van der Waals surface area contributed by atoms with Crippen LogP contribution >= 0.6 is 0 Å². The molecule has 98 valence electrons. The molecule has 2 nitrogen and oxygen atoms in total. The third-order valence-electron chi connectivity index (χ3n) is 3.87. The summed E-state index contributed by atoms with van der Waals surface area (Å²) in [6, 6.07) is 0. The number of carboxylic acids is 1. The van der Waals surface area contributed by atoms with E-state index in [1.165, 1.54) is 44.9 Å². The highest BCUT2D eigenvalue weighted by molar-refractivity contribution is 5.86. The van der Waals surface area contributed by atoms with Crippen LogP contribution in [0.4, 0.5) is 0 Å². The second-order valence-corrected chi connectivity index (χ2v) is 5.29. The number of hydrogen-bond acceptors (Lipinski definition) is 1. The Hall–Kier alpha value is -0.790. The molecule has 0 aromatic heterocycles. The first kappa shape index (κ1) is 14.3. The lowest BCUT2D eigenvalue weighted by molar-refractivity contribution is -0.133. The van der Waals surface area contributed by atoms with Crippen molar-refractivity contribution in [1.29, 1.82) is 0 Å². The SMILES string of the molecule is C=C(C(=O)O)C1CCCCCCCCCCC1. The summed E-state index contributed by atoms with van der Waals surface area (Å²) in [6.07, 6.45) is 13.6. The Labute approximate surface area is 105 Å². The van der Waals surface area contributed by atoms with Crippen molar-refractivity contribution in [2.75, 3.05) is 0 Å². The van der Waals surface area contributed by atoms with Gasteiger partial charge in [-0.15, -0.1) is 0 Å². The summed E-state index contributed by atoms with van der Waals surface area (Å²) in [5.74, 6) is -0.589. The minimum atomic E-state index is -0.804. The van der Waals surface area contributed by atoms with E-state index in [4.69, 9.17) is 5.11 Å². The normalized spacial score (nSPS) is 21.2. The van der Waals surface area contributed by atoms with E-state index in [0.717, 1.165) is 25.7 Å². The second-order valence-electron chi connectivity index (χ2n) is 5.29. The Morgan fingerprint density at radius 1 is 0.824 bits per heavy atom. The fraction of sp³-hybridized carbons (Fsp3) is 0.800. The summed E-state index contributed by atoms with van der Waals surface area (Å²) in [4.78, 5) is 11.0. The van der Waals surface area contributed by atoms with Crippen LogP contribution in [-0.2, 0) is 4.79 Å². The smallest absolute Gasteiger partial charge is 0.331 e. The number of rotatable bonds is 2. The number of carboxylic acid groups (broad SMARTS) is 1. The minimum Gasteiger partial charge on any atom is -0.478 e. The summed E-state index contributed by atoms with van der Waals surface area (Å²) < 4.78 is 0. The van der Waals surface area contributed by atoms with Crippen molar-refractivity contribution in [1.82, 2.24) is 0 Å². The average Bonchev–Trinajstić information content (AvgIpc) is 2.29. The summed E-state index contributed by atoms with van der Waals surface area (Å²) in [7, 11) is 0. The van der Waals surface area contributed by atoms with Crippen molar-refractivity contribution in [2.24, 2.45) is 5.92 Å². The second kappa shape index (κ2) is 8.32. The first-order valence-electron chi connectivity index (χ1n) is 7.14. The van der Waals surface area contributed by atoms with Gasteiger partial charge in [0.25, 0.3) is 0 Å². The van der Waals surface area contributed by atoms with E-state index in [9.17, 15) is 4.79 Å². The highest BCUT2D eigenvalue weighted by atomic mass is 16.4. The first-order valence-corrected chi connectivity index (χ1v) is 7.14. The van der Waals surface area contributed by atoms with Gasteiger partial charge in [-0.2, -0.15) is 0 Å². The van der Waals surface area contributed by atoms with Gasteiger partial charge in [0.05, 0.1) is 0 Å². The van der Waals surface area contributed by atoms with Crippen LogP contribution < -0.4 is 0 Å². The summed E-state index contributed by atoms with van der Waals surface area (Å²) in [6.45, 7) is 3.75. The number of hydrogen-bond donors (Lipinski definition) is 1. The molecular formula is C15H26O2. The maximum Gasteiger partial charge on any atom is 0.331 e. The molecule has 0 saturated heterocycles. The van der Waals surface area contributed by atoms with E-state index in [1.807, 2.05) is 0 Å². The van der Waals surface area contributed by atoms with E-state index in [2.05, 4.69) is 6.58 Å². The molecular weight excluding hydrogens is 212 g/mol. The molecule has 1 fully saturated rings. The molecule has 1 rings (SSSR count). The molecule has 0 unspecified atom stereocenters. The predicted molar refractivity (Wildman–Crippen MR) is 71.1 cm³/mol. The Bertz CT molecular complexity index is 233. The third-order valence-corrected chi connectivity index (χ3v) is 3.87. The van der Waals surface area contributed by atoms with Gasteiger partial charge in [-0.05, 0) is 18.8 Å². The largest absolute Gasteiger partial charge is 0.478 e. The summed E-state index contributed by atoms with van der Waals surface area (Å²) in [5, 5.41) is 9.02. The van der Waals surface area contributed by atoms with Gasteiger partial charge < -0.3 is 5.11 Å². The molecule has 0 aliphatic heterocycles. The molecule has 1 N–H and O–H groups in total. The van der Waals surface area contributed by atoms with Gasteiger partial charge in [-0.1, -0.05) is 64.4 Å². The molecule has 2 heteroatoms. The van der Waals surface area contributed by atoms with E-state index in [0.29, 0.717) is 5.57 Å². The zero-order valence-corrected chi connectivity index (χ0v) is 10.9. The Morgan fingerprint density at radius 3 is 1.53 bits per heavy atom. The lowest BCUT2D eigenvalue weighted by atomic mass is 9.88. The van der Waals surface area contributed by atoms with E-state index in [-0.39, 0.29) is 5.92 Å². The molecule has 0 heterocycles. The van der Waals surface area contributed by atoms with Crippen molar-refractivity contribution >= 4 is 5.97 Å². The van der Waals surface area contributed by atoms with Crippen LogP contribution in [0.1, 0.15) is 70.6 Å². The molecule has 1 aliphatic carbocycles. The maximum atomic E-state index is 11.0. The highest BCUT2D eigenvalue weighted by Crippen LogP contribution is 2.25. The van der Waals surface area contributed by atoms with Gasteiger partial charge in [-0.25, -0.2) is 4.79 Å². The fourth-order valence-electron chi connectivity index (χ4n) is 2.69. The molecule has 1 saturated carbocycles.